The zero-order valence-corrected chi connectivity index (χ0v) is 12.6. The van der Waals surface area contributed by atoms with Gasteiger partial charge in [-0.2, -0.15) is 0 Å². The number of carbonyl (C=O) groups is 3. The van der Waals surface area contributed by atoms with Crippen LogP contribution in [0.4, 0.5) is 4.79 Å². The Labute approximate surface area is 127 Å². The van der Waals surface area contributed by atoms with Crippen LogP contribution in [0.1, 0.15) is 19.4 Å². The zero-order valence-electron chi connectivity index (χ0n) is 11.8. The number of nitrogens with one attached hydrogen (secondary N) is 2. The molecule has 2 N–H and O–H groups in total. The molecule has 1 rings (SSSR count). The molecule has 0 unspecified atom stereocenters. The summed E-state index contributed by atoms with van der Waals surface area (Å²) in [6, 6.07) is 6.13. The van der Waals surface area contributed by atoms with Crippen molar-refractivity contribution in [2.45, 2.75) is 26.3 Å². The third kappa shape index (κ3) is 6.76. The molecule has 6 nitrogen and oxygen atoms in total. The fraction of sp³-hybridized carbons (Fsp3) is 0.357. The summed E-state index contributed by atoms with van der Waals surface area (Å²) in [5.41, 5.74) is 0.613. The normalized spacial score (nSPS) is 10.1. The summed E-state index contributed by atoms with van der Waals surface area (Å²) in [5, 5.41) is 4.98. The van der Waals surface area contributed by atoms with Crippen molar-refractivity contribution in [1.29, 1.82) is 0 Å². The molecule has 0 aliphatic rings. The molecule has 0 saturated carbocycles. The van der Waals surface area contributed by atoms with Gasteiger partial charge in [-0.3, -0.25) is 14.9 Å². The standard InChI is InChI=1S/C14H17ClN2O4/c1-9(2)16-14(20)17-12(18)8-21-13(19)7-10-5-3-4-6-11(10)15/h3-6,9H,7-8H2,1-2H3,(H2,16,17,18,20). The summed E-state index contributed by atoms with van der Waals surface area (Å²) in [6.07, 6.45) is -0.0366. The maximum atomic E-state index is 11.6. The first-order chi connectivity index (χ1) is 9.88. The van der Waals surface area contributed by atoms with Gasteiger partial charge in [0, 0.05) is 11.1 Å². The van der Waals surface area contributed by atoms with E-state index in [1.807, 2.05) is 5.32 Å². The minimum atomic E-state index is -0.694. The number of hydrogen-bond donors (Lipinski definition) is 2. The van der Waals surface area contributed by atoms with Gasteiger partial charge in [0.05, 0.1) is 6.42 Å². The molecule has 1 aromatic rings. The Morgan fingerprint density at radius 3 is 2.52 bits per heavy atom. The summed E-state index contributed by atoms with van der Waals surface area (Å²) in [6.45, 7) is 3.00. The van der Waals surface area contributed by atoms with Gasteiger partial charge in [-0.25, -0.2) is 4.79 Å². The van der Waals surface area contributed by atoms with Gasteiger partial charge in [-0.15, -0.1) is 0 Å². The Bertz CT molecular complexity index is 531. The van der Waals surface area contributed by atoms with Crippen LogP contribution in [0.15, 0.2) is 24.3 Å². The summed E-state index contributed by atoms with van der Waals surface area (Å²) in [4.78, 5) is 34.2. The van der Waals surface area contributed by atoms with Gasteiger partial charge >= 0.3 is 12.0 Å². The third-order valence-corrected chi connectivity index (χ3v) is 2.70. The number of hydrogen-bond acceptors (Lipinski definition) is 4. The molecule has 0 spiro atoms. The van der Waals surface area contributed by atoms with E-state index >= 15 is 0 Å². The summed E-state index contributed by atoms with van der Waals surface area (Å²) in [7, 11) is 0. The summed E-state index contributed by atoms with van der Waals surface area (Å²) in [5.74, 6) is -1.29. The average molecular weight is 313 g/mol. The molecule has 0 saturated heterocycles. The van der Waals surface area contributed by atoms with Crippen molar-refractivity contribution >= 4 is 29.5 Å². The highest BCUT2D eigenvalue weighted by molar-refractivity contribution is 6.31. The Balaban J connectivity index is 2.35. The zero-order chi connectivity index (χ0) is 15.8. The number of urea groups is 1. The van der Waals surface area contributed by atoms with Gasteiger partial charge in [-0.1, -0.05) is 29.8 Å². The van der Waals surface area contributed by atoms with Gasteiger partial charge in [0.15, 0.2) is 6.61 Å². The Kier molecular flexibility index (Phi) is 6.68. The van der Waals surface area contributed by atoms with Gasteiger partial charge in [0.25, 0.3) is 5.91 Å². The average Bonchev–Trinajstić information content (AvgIpc) is 2.38. The molecule has 0 bridgehead atoms. The van der Waals surface area contributed by atoms with Crippen molar-refractivity contribution in [3.05, 3.63) is 34.9 Å². The highest BCUT2D eigenvalue weighted by atomic mass is 35.5. The molecule has 114 valence electrons. The largest absolute Gasteiger partial charge is 0.455 e. The van der Waals surface area contributed by atoms with Gasteiger partial charge in [-0.05, 0) is 25.5 Å². The second kappa shape index (κ2) is 8.26. The number of halogens is 1. The van der Waals surface area contributed by atoms with Crippen LogP contribution in [-0.4, -0.2) is 30.6 Å². The van der Waals surface area contributed by atoms with Crippen LogP contribution in [0.25, 0.3) is 0 Å². The highest BCUT2D eigenvalue weighted by Crippen LogP contribution is 2.15. The van der Waals surface area contributed by atoms with E-state index in [4.69, 9.17) is 16.3 Å². The molecule has 0 heterocycles. The van der Waals surface area contributed by atoms with Crippen molar-refractivity contribution in [2.24, 2.45) is 0 Å². The molecular weight excluding hydrogens is 296 g/mol. The first-order valence-electron chi connectivity index (χ1n) is 6.38. The molecule has 0 aliphatic carbocycles. The van der Waals surface area contributed by atoms with Crippen molar-refractivity contribution in [3.8, 4) is 0 Å². The first-order valence-corrected chi connectivity index (χ1v) is 6.75. The van der Waals surface area contributed by atoms with E-state index in [0.29, 0.717) is 10.6 Å². The lowest BCUT2D eigenvalue weighted by atomic mass is 10.1. The van der Waals surface area contributed by atoms with Crippen LogP contribution < -0.4 is 10.6 Å². The second-order valence-electron chi connectivity index (χ2n) is 4.61. The molecule has 7 heteroatoms. The summed E-state index contributed by atoms with van der Waals surface area (Å²) >= 11 is 5.91. The number of amides is 3. The molecule has 21 heavy (non-hydrogen) atoms. The monoisotopic (exact) mass is 312 g/mol. The van der Waals surface area contributed by atoms with E-state index < -0.39 is 24.5 Å². The first kappa shape index (κ1) is 17.0. The molecule has 3 amide bonds. The number of ether oxygens (including phenoxy) is 1. The molecule has 0 radical (unpaired) electrons. The van der Waals surface area contributed by atoms with Gasteiger partial charge < -0.3 is 10.1 Å². The quantitative estimate of drug-likeness (QED) is 0.810. The van der Waals surface area contributed by atoms with E-state index in [2.05, 4.69) is 5.32 Å². The number of rotatable bonds is 5. The van der Waals surface area contributed by atoms with E-state index in [9.17, 15) is 14.4 Å². The fourth-order valence-corrected chi connectivity index (χ4v) is 1.66. The molecule has 1 aromatic carbocycles. The molecule has 0 aliphatic heterocycles. The van der Waals surface area contributed by atoms with Crippen molar-refractivity contribution in [2.75, 3.05) is 6.61 Å². The molecule has 0 aromatic heterocycles. The van der Waals surface area contributed by atoms with Crippen LogP contribution in [0.3, 0.4) is 0 Å². The lowest BCUT2D eigenvalue weighted by molar-refractivity contribution is -0.147. The summed E-state index contributed by atoms with van der Waals surface area (Å²) < 4.78 is 4.78. The number of carbonyl (C=O) groups excluding carboxylic acids is 3. The van der Waals surface area contributed by atoms with Crippen LogP contribution >= 0.6 is 11.6 Å². The lowest BCUT2D eigenvalue weighted by Crippen LogP contribution is -2.44. The van der Waals surface area contributed by atoms with Crippen molar-refractivity contribution < 1.29 is 19.1 Å². The van der Waals surface area contributed by atoms with E-state index in [1.165, 1.54) is 0 Å². The number of esters is 1. The second-order valence-corrected chi connectivity index (χ2v) is 5.01. The molecule has 0 atom stereocenters. The Morgan fingerprint density at radius 2 is 1.90 bits per heavy atom. The highest BCUT2D eigenvalue weighted by Gasteiger charge is 2.12. The van der Waals surface area contributed by atoms with Gasteiger partial charge in [0.2, 0.25) is 0 Å². The predicted octanol–water partition coefficient (Wildman–Crippen LogP) is 1.66. The van der Waals surface area contributed by atoms with Crippen LogP contribution in [0.2, 0.25) is 5.02 Å². The van der Waals surface area contributed by atoms with Gasteiger partial charge in [0.1, 0.15) is 0 Å². The van der Waals surface area contributed by atoms with E-state index in [-0.39, 0.29) is 12.5 Å². The SMILES string of the molecule is CC(C)NC(=O)NC(=O)COC(=O)Cc1ccccc1Cl. The van der Waals surface area contributed by atoms with E-state index in [1.54, 1.807) is 38.1 Å². The molecule has 0 fully saturated rings. The lowest BCUT2D eigenvalue weighted by Gasteiger charge is -2.09. The number of benzene rings is 1. The number of imide groups is 1. The topological polar surface area (TPSA) is 84.5 Å². The van der Waals surface area contributed by atoms with Crippen molar-refractivity contribution in [3.63, 3.8) is 0 Å². The Morgan fingerprint density at radius 1 is 1.24 bits per heavy atom. The predicted molar refractivity (Wildman–Crippen MR) is 77.9 cm³/mol. The van der Waals surface area contributed by atoms with E-state index in [0.717, 1.165) is 0 Å². The van der Waals surface area contributed by atoms with Crippen LogP contribution in [-0.2, 0) is 20.7 Å². The van der Waals surface area contributed by atoms with Crippen LogP contribution in [0, 0.1) is 0 Å². The minimum absolute atomic E-state index is 0.0366. The maximum Gasteiger partial charge on any atom is 0.321 e. The van der Waals surface area contributed by atoms with Crippen LogP contribution in [0.5, 0.6) is 0 Å². The fourth-order valence-electron chi connectivity index (χ4n) is 1.46. The molecular formula is C14H17ClN2O4. The minimum Gasteiger partial charge on any atom is -0.455 e. The maximum absolute atomic E-state index is 11.6. The third-order valence-electron chi connectivity index (χ3n) is 2.33. The Hall–Kier alpha value is -2.08. The smallest absolute Gasteiger partial charge is 0.321 e. The van der Waals surface area contributed by atoms with Crippen molar-refractivity contribution in [1.82, 2.24) is 10.6 Å².